The summed E-state index contributed by atoms with van der Waals surface area (Å²) in [5.41, 5.74) is 3.15. The second kappa shape index (κ2) is 5.42. The molecule has 0 spiro atoms. The van der Waals surface area contributed by atoms with Gasteiger partial charge in [-0.05, 0) is 31.4 Å². The van der Waals surface area contributed by atoms with E-state index in [4.69, 9.17) is 9.47 Å². The number of aromatic nitrogens is 4. The van der Waals surface area contributed by atoms with Crippen molar-refractivity contribution in [2.75, 3.05) is 19.5 Å². The molecule has 3 aromatic rings. The summed E-state index contributed by atoms with van der Waals surface area (Å²) >= 11 is 0. The number of aryl methyl sites for hydroxylation is 1. The number of methoxy groups -OCH3 is 2. The summed E-state index contributed by atoms with van der Waals surface area (Å²) in [6, 6.07) is 5.68. The zero-order valence-electron chi connectivity index (χ0n) is 13.0. The van der Waals surface area contributed by atoms with Crippen LogP contribution in [0, 0.1) is 0 Å². The molecule has 0 fully saturated rings. The van der Waals surface area contributed by atoms with Gasteiger partial charge >= 0.3 is 0 Å². The molecular weight excluding hydrogens is 294 g/mol. The van der Waals surface area contributed by atoms with E-state index in [2.05, 4.69) is 20.4 Å². The number of nitrogens with zero attached hydrogens (tertiary/aromatic N) is 4. The maximum absolute atomic E-state index is 5.47. The Hall–Kier alpha value is -2.83. The number of fused-ring (bicyclic) bond motifs is 2. The Labute approximate surface area is 133 Å². The fourth-order valence-electron chi connectivity index (χ4n) is 2.98. The lowest BCUT2D eigenvalue weighted by molar-refractivity contribution is 0.395. The highest BCUT2D eigenvalue weighted by molar-refractivity contribution is 5.69. The number of ether oxygens (including phenoxy) is 2. The number of rotatable bonds is 4. The Kier molecular flexibility index (Phi) is 3.25. The van der Waals surface area contributed by atoms with Gasteiger partial charge in [0.2, 0.25) is 0 Å². The van der Waals surface area contributed by atoms with Gasteiger partial charge in [-0.3, -0.25) is 0 Å². The molecule has 0 radical (unpaired) electrons. The largest absolute Gasteiger partial charge is 0.497 e. The van der Waals surface area contributed by atoms with Gasteiger partial charge in [0.25, 0.3) is 5.78 Å². The number of nitrogens with one attached hydrogen (secondary N) is 1. The molecular formula is C16H17N5O2. The van der Waals surface area contributed by atoms with Crippen LogP contribution >= 0.6 is 0 Å². The lowest BCUT2D eigenvalue weighted by Gasteiger charge is -2.15. The Balaban J connectivity index is 1.83. The first-order chi connectivity index (χ1) is 11.3. The van der Waals surface area contributed by atoms with Gasteiger partial charge in [0.05, 0.1) is 25.6 Å². The van der Waals surface area contributed by atoms with Gasteiger partial charge in [-0.15, -0.1) is 0 Å². The van der Waals surface area contributed by atoms with Crippen molar-refractivity contribution >= 4 is 17.3 Å². The van der Waals surface area contributed by atoms with Gasteiger partial charge in [0.1, 0.15) is 23.6 Å². The van der Waals surface area contributed by atoms with Gasteiger partial charge in [-0.1, -0.05) is 0 Å². The van der Waals surface area contributed by atoms with Crippen molar-refractivity contribution in [2.24, 2.45) is 0 Å². The van der Waals surface area contributed by atoms with Crippen molar-refractivity contribution in [2.45, 2.75) is 19.3 Å². The Morgan fingerprint density at radius 1 is 1.17 bits per heavy atom. The number of anilines is 2. The third-order valence-corrected chi connectivity index (χ3v) is 4.11. The van der Waals surface area contributed by atoms with Crippen LogP contribution in [-0.2, 0) is 12.8 Å². The minimum atomic E-state index is 0.612. The molecule has 0 unspecified atom stereocenters. The lowest BCUT2D eigenvalue weighted by Crippen LogP contribution is -2.07. The first kappa shape index (κ1) is 13.8. The number of hydrogen-bond acceptors (Lipinski definition) is 6. The molecule has 1 N–H and O–H groups in total. The van der Waals surface area contributed by atoms with Crippen molar-refractivity contribution in [3.05, 3.63) is 35.8 Å². The molecule has 0 aliphatic heterocycles. The van der Waals surface area contributed by atoms with Gasteiger partial charge in [-0.2, -0.15) is 14.6 Å². The van der Waals surface area contributed by atoms with Crippen molar-refractivity contribution < 1.29 is 9.47 Å². The molecule has 118 valence electrons. The second-order valence-electron chi connectivity index (χ2n) is 5.40. The highest BCUT2D eigenvalue weighted by Crippen LogP contribution is 2.35. The summed E-state index contributed by atoms with van der Waals surface area (Å²) in [5.74, 6) is 2.98. The summed E-state index contributed by atoms with van der Waals surface area (Å²) in [6.07, 6.45) is 4.59. The molecule has 2 heterocycles. The molecule has 1 aliphatic carbocycles. The number of benzene rings is 1. The monoisotopic (exact) mass is 311 g/mol. The van der Waals surface area contributed by atoms with Crippen LogP contribution in [0.3, 0.4) is 0 Å². The van der Waals surface area contributed by atoms with Crippen molar-refractivity contribution in [1.82, 2.24) is 19.6 Å². The Morgan fingerprint density at radius 2 is 2.09 bits per heavy atom. The molecule has 0 amide bonds. The summed E-state index contributed by atoms with van der Waals surface area (Å²) in [5, 5.41) is 7.74. The molecule has 0 atom stereocenters. The Morgan fingerprint density at radius 3 is 2.91 bits per heavy atom. The molecule has 0 saturated heterocycles. The molecule has 7 heteroatoms. The fourth-order valence-corrected chi connectivity index (χ4v) is 2.98. The smallest absolute Gasteiger partial charge is 0.254 e. The molecule has 1 aliphatic rings. The van der Waals surface area contributed by atoms with Crippen LogP contribution in [0.5, 0.6) is 11.5 Å². The maximum atomic E-state index is 5.47. The van der Waals surface area contributed by atoms with Crippen LogP contribution < -0.4 is 14.8 Å². The Bertz CT molecular complexity index is 874. The lowest BCUT2D eigenvalue weighted by atomic mass is 10.2. The van der Waals surface area contributed by atoms with Gasteiger partial charge in [0.15, 0.2) is 0 Å². The predicted octanol–water partition coefficient (Wildman–Crippen LogP) is 2.37. The zero-order chi connectivity index (χ0) is 15.8. The van der Waals surface area contributed by atoms with E-state index in [1.165, 1.54) is 11.9 Å². The quantitative estimate of drug-likeness (QED) is 0.797. The van der Waals surface area contributed by atoms with Crippen molar-refractivity contribution in [3.8, 4) is 11.5 Å². The average molecular weight is 311 g/mol. The molecule has 0 saturated carbocycles. The third-order valence-electron chi connectivity index (χ3n) is 4.11. The van der Waals surface area contributed by atoms with E-state index in [9.17, 15) is 0 Å². The fraction of sp³-hybridized carbons (Fsp3) is 0.312. The normalized spacial score (nSPS) is 13.1. The molecule has 0 bridgehead atoms. The molecule has 23 heavy (non-hydrogen) atoms. The first-order valence-electron chi connectivity index (χ1n) is 7.50. The summed E-state index contributed by atoms with van der Waals surface area (Å²) in [4.78, 5) is 8.80. The van der Waals surface area contributed by atoms with Crippen LogP contribution in [0.15, 0.2) is 24.5 Å². The standard InChI is InChI=1S/C16H17N5O2/c1-22-10-6-7-13(14(8-10)23-2)19-15-11-4-3-5-12(11)20-16-17-9-18-21(15)16/h6-9,19H,3-5H2,1-2H3. The minimum Gasteiger partial charge on any atom is -0.497 e. The summed E-state index contributed by atoms with van der Waals surface area (Å²) in [7, 11) is 3.28. The van der Waals surface area contributed by atoms with E-state index in [-0.39, 0.29) is 0 Å². The van der Waals surface area contributed by atoms with E-state index in [0.717, 1.165) is 42.2 Å². The zero-order valence-corrected chi connectivity index (χ0v) is 13.0. The van der Waals surface area contributed by atoms with Crippen LogP contribution in [0.4, 0.5) is 11.5 Å². The SMILES string of the molecule is COc1ccc(Nc2c3c(nc4ncnn24)CCC3)c(OC)c1. The van der Waals surface area contributed by atoms with Gasteiger partial charge < -0.3 is 14.8 Å². The van der Waals surface area contributed by atoms with Gasteiger partial charge in [-0.25, -0.2) is 4.98 Å². The van der Waals surface area contributed by atoms with Gasteiger partial charge in [0, 0.05) is 11.6 Å². The van der Waals surface area contributed by atoms with Crippen LogP contribution in [0.25, 0.3) is 5.78 Å². The van der Waals surface area contributed by atoms with Crippen molar-refractivity contribution in [1.29, 1.82) is 0 Å². The topological polar surface area (TPSA) is 73.6 Å². The van der Waals surface area contributed by atoms with Crippen LogP contribution in [0.1, 0.15) is 17.7 Å². The third kappa shape index (κ3) is 2.25. The first-order valence-corrected chi connectivity index (χ1v) is 7.50. The van der Waals surface area contributed by atoms with Crippen LogP contribution in [-0.4, -0.2) is 33.8 Å². The van der Waals surface area contributed by atoms with E-state index >= 15 is 0 Å². The highest BCUT2D eigenvalue weighted by Gasteiger charge is 2.21. The molecule has 1 aromatic carbocycles. The predicted molar refractivity (Wildman–Crippen MR) is 85.6 cm³/mol. The van der Waals surface area contributed by atoms with E-state index in [0.29, 0.717) is 11.5 Å². The average Bonchev–Trinajstić information content (AvgIpc) is 3.23. The molecule has 2 aromatic heterocycles. The number of hydrogen-bond donors (Lipinski definition) is 1. The molecule has 4 rings (SSSR count). The summed E-state index contributed by atoms with van der Waals surface area (Å²) in [6.45, 7) is 0. The van der Waals surface area contributed by atoms with E-state index in [1.807, 2.05) is 18.2 Å². The van der Waals surface area contributed by atoms with Crippen molar-refractivity contribution in [3.63, 3.8) is 0 Å². The second-order valence-corrected chi connectivity index (χ2v) is 5.40. The van der Waals surface area contributed by atoms with E-state index < -0.39 is 0 Å². The molecule has 7 nitrogen and oxygen atoms in total. The van der Waals surface area contributed by atoms with Crippen LogP contribution in [0.2, 0.25) is 0 Å². The maximum Gasteiger partial charge on any atom is 0.254 e. The minimum absolute atomic E-state index is 0.612. The van der Waals surface area contributed by atoms with E-state index in [1.54, 1.807) is 18.7 Å². The highest BCUT2D eigenvalue weighted by atomic mass is 16.5. The summed E-state index contributed by atoms with van der Waals surface area (Å²) < 4.78 is 12.5.